The molecule has 0 saturated carbocycles. The summed E-state index contributed by atoms with van der Waals surface area (Å²) < 4.78 is 0. The zero-order valence-corrected chi connectivity index (χ0v) is 35.4. The molecule has 0 heterocycles. The first-order chi connectivity index (χ1) is 23.3. The molecule has 0 amide bonds. The topological polar surface area (TPSA) is 20.2 Å². The number of benzene rings is 4. The first-order valence-electron chi connectivity index (χ1n) is 17.4. The molecule has 6 heteroatoms. The second-order valence-electron chi connectivity index (χ2n) is 12.7. The predicted molar refractivity (Wildman–Crippen MR) is 232 cm³/mol. The van der Waals surface area contributed by atoms with Crippen molar-refractivity contribution in [1.29, 1.82) is 0 Å². The van der Waals surface area contributed by atoms with Crippen molar-refractivity contribution < 1.29 is 5.11 Å². The molecule has 270 valence electrons. The number of rotatable bonds is 13. The maximum atomic E-state index is 9.21. The van der Waals surface area contributed by atoms with Crippen LogP contribution in [0.4, 0.5) is 0 Å². The molecule has 3 atom stereocenters. The van der Waals surface area contributed by atoms with Crippen LogP contribution in [0.1, 0.15) is 107 Å². The molecule has 0 bridgehead atoms. The zero-order valence-electron chi connectivity index (χ0n) is 31.4. The van der Waals surface area contributed by atoms with Crippen LogP contribution in [0.3, 0.4) is 0 Å². The fourth-order valence-corrected chi connectivity index (χ4v) is 9.00. The van der Waals surface area contributed by atoms with Gasteiger partial charge in [0, 0.05) is 21.3 Å². The van der Waals surface area contributed by atoms with Gasteiger partial charge in [-0.05, 0) is 63.2 Å². The Morgan fingerprint density at radius 3 is 1.37 bits per heavy atom. The Bertz CT molecular complexity index is 1330. The van der Waals surface area contributed by atoms with Crippen LogP contribution in [0.25, 0.3) is 0 Å². The average molecular weight is 758 g/mol. The summed E-state index contributed by atoms with van der Waals surface area (Å²) in [6.07, 6.45) is 0. The lowest BCUT2D eigenvalue weighted by Crippen LogP contribution is -2.03. The maximum absolute atomic E-state index is 9.21. The van der Waals surface area contributed by atoms with E-state index in [1.807, 2.05) is 71.7 Å². The molecule has 49 heavy (non-hydrogen) atoms. The van der Waals surface area contributed by atoms with Crippen molar-refractivity contribution >= 4 is 58.6 Å². The summed E-state index contributed by atoms with van der Waals surface area (Å²) in [4.78, 5) is 0. The van der Waals surface area contributed by atoms with Crippen LogP contribution < -0.4 is 0 Å². The summed E-state index contributed by atoms with van der Waals surface area (Å²) in [6.45, 7) is 22.3. The highest BCUT2D eigenvalue weighted by molar-refractivity contribution is 8.00. The summed E-state index contributed by atoms with van der Waals surface area (Å²) in [5.74, 6) is 1.14. The van der Waals surface area contributed by atoms with Crippen LogP contribution in [0, 0.1) is 0 Å². The third-order valence-electron chi connectivity index (χ3n) is 6.76. The number of aliphatic hydroxyl groups is 1. The van der Waals surface area contributed by atoms with Crippen molar-refractivity contribution in [2.75, 3.05) is 6.61 Å². The highest BCUT2D eigenvalue weighted by Gasteiger charge is 2.12. The van der Waals surface area contributed by atoms with Crippen molar-refractivity contribution in [3.8, 4) is 0 Å². The quantitative estimate of drug-likeness (QED) is 0.146. The fraction of sp³-hybridized carbons (Fsp3) is 0.442. The van der Waals surface area contributed by atoms with Gasteiger partial charge in [-0.15, -0.1) is 11.8 Å². The van der Waals surface area contributed by atoms with E-state index in [1.165, 1.54) is 22.3 Å². The minimum Gasteiger partial charge on any atom is -0.395 e. The lowest BCUT2D eigenvalue weighted by Gasteiger charge is -2.16. The highest BCUT2D eigenvalue weighted by atomic mass is 35.5. The lowest BCUT2D eigenvalue weighted by atomic mass is 10.2. The summed E-state index contributed by atoms with van der Waals surface area (Å²) >= 11 is 13.8. The standard InChI is InChI=1S/C11H15ClS.C11H16OS.C11H16S.C10H14S/c1-8(2)13-9(3)10-6-4-5-7-11(10)12;1-9(2)13-11(8-12)10-6-4-3-5-7-10;1-9(2)12-10(3)11-7-5-4-6-8-11;1-9(2)11-8-10-6-4-3-5-7-10/h4-9H,1-3H3;3-7,9,11-12H,8H2,1-2H3;4-10H,1-3H3;3-7,9H,8H2,1-2H3. The van der Waals surface area contributed by atoms with Gasteiger partial charge in [0.25, 0.3) is 0 Å². The van der Waals surface area contributed by atoms with E-state index >= 15 is 0 Å². The molecule has 0 fully saturated rings. The van der Waals surface area contributed by atoms with Gasteiger partial charge in [0.15, 0.2) is 0 Å². The van der Waals surface area contributed by atoms with Crippen molar-refractivity contribution in [3.05, 3.63) is 143 Å². The number of hydrogen-bond donors (Lipinski definition) is 1. The van der Waals surface area contributed by atoms with E-state index in [2.05, 4.69) is 148 Å². The van der Waals surface area contributed by atoms with Gasteiger partial charge in [0.1, 0.15) is 0 Å². The van der Waals surface area contributed by atoms with E-state index < -0.39 is 0 Å². The van der Waals surface area contributed by atoms with Gasteiger partial charge in [0.05, 0.1) is 11.9 Å². The monoisotopic (exact) mass is 756 g/mol. The van der Waals surface area contributed by atoms with Gasteiger partial charge in [-0.25, -0.2) is 0 Å². The van der Waals surface area contributed by atoms with Crippen LogP contribution in [0.15, 0.2) is 115 Å². The van der Waals surface area contributed by atoms with Gasteiger partial charge < -0.3 is 5.11 Å². The minimum atomic E-state index is 0.215. The number of thioether (sulfide) groups is 4. The molecule has 4 aromatic carbocycles. The van der Waals surface area contributed by atoms with E-state index in [4.69, 9.17) is 11.6 Å². The molecule has 0 saturated heterocycles. The van der Waals surface area contributed by atoms with E-state index in [0.29, 0.717) is 26.2 Å². The molecular formula is C43H61ClOS4. The van der Waals surface area contributed by atoms with E-state index in [0.717, 1.165) is 16.0 Å². The summed E-state index contributed by atoms with van der Waals surface area (Å²) in [7, 11) is 0. The Hall–Kier alpha value is -1.47. The Kier molecular flexibility index (Phi) is 25.3. The molecule has 1 nitrogen and oxygen atoms in total. The van der Waals surface area contributed by atoms with Crippen molar-refractivity contribution in [3.63, 3.8) is 0 Å². The third-order valence-corrected chi connectivity index (χ3v) is 12.0. The van der Waals surface area contributed by atoms with Crippen molar-refractivity contribution in [2.24, 2.45) is 0 Å². The van der Waals surface area contributed by atoms with E-state index in [-0.39, 0.29) is 11.9 Å². The minimum absolute atomic E-state index is 0.215. The predicted octanol–water partition coefficient (Wildman–Crippen LogP) is 14.6. The first-order valence-corrected chi connectivity index (χ1v) is 21.7. The number of aliphatic hydroxyl groups excluding tert-OH is 1. The fourth-order valence-electron chi connectivity index (χ4n) is 4.56. The molecule has 0 aliphatic rings. The molecule has 0 aliphatic carbocycles. The van der Waals surface area contributed by atoms with Gasteiger partial charge in [-0.1, -0.05) is 176 Å². The molecule has 0 aromatic heterocycles. The molecule has 3 unspecified atom stereocenters. The second kappa shape index (κ2) is 27.2. The van der Waals surface area contributed by atoms with Crippen LogP contribution >= 0.6 is 58.6 Å². The van der Waals surface area contributed by atoms with Crippen molar-refractivity contribution in [2.45, 2.75) is 112 Å². The van der Waals surface area contributed by atoms with Crippen LogP contribution in [-0.4, -0.2) is 32.7 Å². The van der Waals surface area contributed by atoms with Crippen molar-refractivity contribution in [1.82, 2.24) is 0 Å². The maximum Gasteiger partial charge on any atom is 0.0591 e. The summed E-state index contributed by atoms with van der Waals surface area (Å²) in [5, 5.41) is 14.0. The first kappa shape index (κ1) is 45.6. The molecule has 0 radical (unpaired) electrons. The SMILES string of the molecule is CC(C)SC(C)c1ccccc1.CC(C)SC(C)c1ccccc1Cl.CC(C)SC(CO)c1ccccc1.CC(C)SCc1ccccc1. The van der Waals surface area contributed by atoms with Gasteiger partial charge in [-0.3, -0.25) is 0 Å². The molecule has 0 spiro atoms. The van der Waals surface area contributed by atoms with E-state index in [1.54, 1.807) is 11.8 Å². The largest absolute Gasteiger partial charge is 0.395 e. The van der Waals surface area contributed by atoms with Gasteiger partial charge >= 0.3 is 0 Å². The van der Waals surface area contributed by atoms with Crippen LogP contribution in [0.5, 0.6) is 0 Å². The van der Waals surface area contributed by atoms with Gasteiger partial charge in [0.2, 0.25) is 0 Å². The van der Waals surface area contributed by atoms with Crippen LogP contribution in [0.2, 0.25) is 5.02 Å². The van der Waals surface area contributed by atoms with E-state index in [9.17, 15) is 5.11 Å². The molecule has 0 aliphatic heterocycles. The average Bonchev–Trinajstić information content (AvgIpc) is 3.08. The molecular weight excluding hydrogens is 696 g/mol. The normalized spacial score (nSPS) is 12.7. The zero-order chi connectivity index (χ0) is 36.6. The number of halogens is 1. The lowest BCUT2D eigenvalue weighted by molar-refractivity contribution is 0.296. The Morgan fingerprint density at radius 2 is 0.918 bits per heavy atom. The Morgan fingerprint density at radius 1 is 0.490 bits per heavy atom. The molecule has 1 N–H and O–H groups in total. The second-order valence-corrected chi connectivity index (χ2v) is 20.3. The Balaban J connectivity index is 0.000000327. The smallest absolute Gasteiger partial charge is 0.0591 e. The van der Waals surface area contributed by atoms with Gasteiger partial charge in [-0.2, -0.15) is 35.3 Å². The molecule has 4 aromatic rings. The number of hydrogen-bond acceptors (Lipinski definition) is 5. The third kappa shape index (κ3) is 22.2. The molecule has 4 rings (SSSR count). The van der Waals surface area contributed by atoms with Crippen LogP contribution in [-0.2, 0) is 5.75 Å². The summed E-state index contributed by atoms with van der Waals surface area (Å²) in [5.41, 5.74) is 5.30. The highest BCUT2D eigenvalue weighted by Crippen LogP contribution is 2.35. The summed E-state index contributed by atoms with van der Waals surface area (Å²) in [6, 6.07) is 39.5. The Labute approximate surface area is 322 Å².